The fourth-order valence-electron chi connectivity index (χ4n) is 1.42. The summed E-state index contributed by atoms with van der Waals surface area (Å²) in [6.07, 6.45) is 8.85. The second kappa shape index (κ2) is 12.0. The Morgan fingerprint density at radius 3 is 1.67 bits per heavy atom. The second-order valence-electron chi connectivity index (χ2n) is 3.76. The summed E-state index contributed by atoms with van der Waals surface area (Å²) < 4.78 is 29.2. The van der Waals surface area contributed by atoms with Crippen LogP contribution in [0.15, 0.2) is 0 Å². The Labute approximate surface area is 137 Å². The van der Waals surface area contributed by atoms with Crippen molar-refractivity contribution in [1.82, 2.24) is 0 Å². The monoisotopic (exact) mass is 261 g/mol. The second-order valence-corrected chi connectivity index (χ2v) is 5.33. The molecule has 0 aromatic rings. The van der Waals surface area contributed by atoms with Crippen LogP contribution >= 0.6 is 0 Å². The van der Waals surface area contributed by atoms with Crippen LogP contribution in [-0.2, 0) is 10.1 Å². The molecule has 1 radical (unpaired) electrons. The van der Waals surface area contributed by atoms with Crippen LogP contribution in [0.5, 0.6) is 0 Å². The van der Waals surface area contributed by atoms with Crippen LogP contribution in [0.2, 0.25) is 0 Å². The van der Waals surface area contributed by atoms with Crippen molar-refractivity contribution >= 4 is 61.5 Å². The minimum absolute atomic E-state index is 0. The maximum Gasteiger partial charge on any atom is 0.264 e. The van der Waals surface area contributed by atoms with Gasteiger partial charge in [0.15, 0.2) is 0 Å². The fraction of sp³-hybridized carbons (Fsp3) is 1.00. The molecule has 0 aromatic heterocycles. The van der Waals surface area contributed by atoms with Crippen molar-refractivity contribution in [2.75, 3.05) is 5.75 Å². The topological polar surface area (TPSA) is 54.4 Å². The Morgan fingerprint density at radius 2 is 1.27 bits per heavy atom. The summed E-state index contributed by atoms with van der Waals surface area (Å²) in [7, 11) is -3.73. The van der Waals surface area contributed by atoms with Crippen LogP contribution in [0.1, 0.15) is 58.3 Å². The molecule has 1 N–H and O–H groups in total. The Morgan fingerprint density at radius 1 is 0.867 bits per heavy atom. The Bertz CT molecular complexity index is 215. The van der Waals surface area contributed by atoms with Gasteiger partial charge in [0.1, 0.15) is 0 Å². The van der Waals surface area contributed by atoms with E-state index in [0.29, 0.717) is 6.42 Å². The maximum absolute atomic E-state index is 10.4. The van der Waals surface area contributed by atoms with Crippen molar-refractivity contribution in [2.45, 2.75) is 58.3 Å². The van der Waals surface area contributed by atoms with Gasteiger partial charge in [-0.2, -0.15) is 8.42 Å². The van der Waals surface area contributed by atoms with Crippen LogP contribution < -0.4 is 0 Å². The molecule has 0 amide bonds. The summed E-state index contributed by atoms with van der Waals surface area (Å²) in [6, 6.07) is 0. The summed E-state index contributed by atoms with van der Waals surface area (Å²) in [5, 5.41) is 0. The van der Waals surface area contributed by atoms with Crippen LogP contribution in [0.3, 0.4) is 0 Å². The normalized spacial score (nSPS) is 11.1. The Kier molecular flexibility index (Phi) is 15.1. The number of unbranched alkanes of at least 4 members (excludes halogenated alkanes) is 7. The molecular weight excluding hydrogens is 239 g/mol. The summed E-state index contributed by atoms with van der Waals surface area (Å²) in [4.78, 5) is 0. The van der Waals surface area contributed by atoms with Crippen molar-refractivity contribution in [3.05, 3.63) is 0 Å². The van der Waals surface area contributed by atoms with E-state index in [0.717, 1.165) is 12.8 Å². The molecular formula is C10H22KO3S. The minimum atomic E-state index is -3.73. The molecule has 0 aromatic carbocycles. The summed E-state index contributed by atoms with van der Waals surface area (Å²) in [5.74, 6) is -0.0814. The van der Waals surface area contributed by atoms with Crippen molar-refractivity contribution in [2.24, 2.45) is 0 Å². The SMILES string of the molecule is CCCCCCCCCCS(=O)(=O)O.[K]. The molecule has 0 bridgehead atoms. The third kappa shape index (κ3) is 18.1. The van der Waals surface area contributed by atoms with E-state index in [1.807, 2.05) is 0 Å². The molecule has 15 heavy (non-hydrogen) atoms. The van der Waals surface area contributed by atoms with E-state index in [1.165, 1.54) is 32.1 Å². The van der Waals surface area contributed by atoms with Crippen molar-refractivity contribution < 1.29 is 13.0 Å². The predicted molar refractivity (Wildman–Crippen MR) is 64.8 cm³/mol. The first-order valence-corrected chi connectivity index (χ1v) is 7.12. The van der Waals surface area contributed by atoms with Crippen molar-refractivity contribution in [1.29, 1.82) is 0 Å². The van der Waals surface area contributed by atoms with E-state index in [1.54, 1.807) is 0 Å². The van der Waals surface area contributed by atoms with E-state index >= 15 is 0 Å². The predicted octanol–water partition coefficient (Wildman–Crippen LogP) is 2.63. The van der Waals surface area contributed by atoms with Crippen LogP contribution in [0.25, 0.3) is 0 Å². The van der Waals surface area contributed by atoms with Crippen LogP contribution in [0, 0.1) is 0 Å². The molecule has 87 valence electrons. The summed E-state index contributed by atoms with van der Waals surface area (Å²) in [5.41, 5.74) is 0. The van der Waals surface area contributed by atoms with Gasteiger partial charge in [0.05, 0.1) is 5.75 Å². The van der Waals surface area contributed by atoms with Gasteiger partial charge in [-0.3, -0.25) is 4.55 Å². The minimum Gasteiger partial charge on any atom is -0.286 e. The van der Waals surface area contributed by atoms with Gasteiger partial charge in [-0.1, -0.05) is 51.9 Å². The Balaban J connectivity index is 0. The van der Waals surface area contributed by atoms with E-state index in [2.05, 4.69) is 6.92 Å². The zero-order valence-corrected chi connectivity index (χ0v) is 14.0. The smallest absolute Gasteiger partial charge is 0.264 e. The molecule has 0 spiro atoms. The van der Waals surface area contributed by atoms with Crippen molar-refractivity contribution in [3.63, 3.8) is 0 Å². The zero-order chi connectivity index (χ0) is 10.9. The fourth-order valence-corrected chi connectivity index (χ4v) is 1.99. The molecule has 3 nitrogen and oxygen atoms in total. The van der Waals surface area contributed by atoms with E-state index in [9.17, 15) is 8.42 Å². The molecule has 0 aliphatic heterocycles. The van der Waals surface area contributed by atoms with E-state index < -0.39 is 10.1 Å². The zero-order valence-electron chi connectivity index (χ0n) is 10.0. The van der Waals surface area contributed by atoms with E-state index in [-0.39, 0.29) is 57.1 Å². The van der Waals surface area contributed by atoms with Crippen LogP contribution in [0.4, 0.5) is 0 Å². The van der Waals surface area contributed by atoms with Gasteiger partial charge in [-0.05, 0) is 6.42 Å². The average Bonchev–Trinajstić information content (AvgIpc) is 2.08. The van der Waals surface area contributed by atoms with Gasteiger partial charge < -0.3 is 0 Å². The molecule has 5 heteroatoms. The molecule has 0 rings (SSSR count). The standard InChI is InChI=1S/C10H22O3S.K/c1-2-3-4-5-6-7-8-9-10-14(11,12)13;/h2-10H2,1H3,(H,11,12,13);. The third-order valence-electron chi connectivity index (χ3n) is 2.26. The van der Waals surface area contributed by atoms with Crippen molar-refractivity contribution in [3.8, 4) is 0 Å². The number of hydrogen-bond donors (Lipinski definition) is 1. The summed E-state index contributed by atoms with van der Waals surface area (Å²) in [6.45, 7) is 2.19. The first-order chi connectivity index (χ1) is 6.56. The third-order valence-corrected chi connectivity index (χ3v) is 3.06. The molecule has 0 fully saturated rings. The van der Waals surface area contributed by atoms with Gasteiger partial charge in [0, 0.05) is 51.4 Å². The number of hydrogen-bond acceptors (Lipinski definition) is 2. The molecule has 0 unspecified atom stereocenters. The molecule has 0 atom stereocenters. The molecule has 0 heterocycles. The van der Waals surface area contributed by atoms with Gasteiger partial charge in [0.2, 0.25) is 0 Å². The molecule has 0 saturated carbocycles. The van der Waals surface area contributed by atoms with Crippen LogP contribution in [-0.4, -0.2) is 70.1 Å². The van der Waals surface area contributed by atoms with E-state index in [4.69, 9.17) is 4.55 Å². The largest absolute Gasteiger partial charge is 0.286 e. The molecule has 0 aliphatic carbocycles. The van der Waals surface area contributed by atoms with Gasteiger partial charge in [0.25, 0.3) is 10.1 Å². The van der Waals surface area contributed by atoms with Gasteiger partial charge in [-0.15, -0.1) is 0 Å². The first kappa shape index (κ1) is 18.9. The quantitative estimate of drug-likeness (QED) is 0.394. The summed E-state index contributed by atoms with van der Waals surface area (Å²) >= 11 is 0. The average molecular weight is 261 g/mol. The van der Waals surface area contributed by atoms with Gasteiger partial charge in [-0.25, -0.2) is 0 Å². The van der Waals surface area contributed by atoms with Gasteiger partial charge >= 0.3 is 0 Å². The first-order valence-electron chi connectivity index (χ1n) is 5.51. The molecule has 0 aliphatic rings. The maximum atomic E-state index is 10.4. The Hall–Kier alpha value is 1.55. The molecule has 0 saturated heterocycles. The number of rotatable bonds is 9.